The molecule has 2 heterocycles. The van der Waals surface area contributed by atoms with Gasteiger partial charge in [0.05, 0.1) is 12.1 Å². The predicted molar refractivity (Wildman–Crippen MR) is 97.7 cm³/mol. The molecule has 2 aliphatic rings. The summed E-state index contributed by atoms with van der Waals surface area (Å²) < 4.78 is 11.0. The van der Waals surface area contributed by atoms with Crippen LogP contribution in [0.5, 0.6) is 0 Å². The van der Waals surface area contributed by atoms with Crippen LogP contribution in [0, 0.1) is 0 Å². The van der Waals surface area contributed by atoms with Crippen molar-refractivity contribution in [3.8, 4) is 0 Å². The minimum atomic E-state index is -0.516. The van der Waals surface area contributed by atoms with Crippen molar-refractivity contribution >= 4 is 12.2 Å². The molecule has 2 amide bonds. The van der Waals surface area contributed by atoms with Crippen LogP contribution in [-0.2, 0) is 16.1 Å². The van der Waals surface area contributed by atoms with Gasteiger partial charge in [0.15, 0.2) is 0 Å². The van der Waals surface area contributed by atoms with Crippen LogP contribution in [0.4, 0.5) is 9.59 Å². The van der Waals surface area contributed by atoms with Gasteiger partial charge in [-0.25, -0.2) is 9.59 Å². The number of carbonyl (C=O) groups excluding carboxylic acids is 2. The zero-order valence-electron chi connectivity index (χ0n) is 15.8. The third-order valence-electron chi connectivity index (χ3n) is 4.88. The fourth-order valence-electron chi connectivity index (χ4n) is 3.76. The van der Waals surface area contributed by atoms with E-state index in [1.807, 2.05) is 51.1 Å². The summed E-state index contributed by atoms with van der Waals surface area (Å²) in [5.41, 5.74) is 0.453. The molecule has 2 aliphatic heterocycles. The van der Waals surface area contributed by atoms with Crippen LogP contribution in [0.3, 0.4) is 0 Å². The van der Waals surface area contributed by atoms with Gasteiger partial charge < -0.3 is 19.3 Å². The van der Waals surface area contributed by atoms with Crippen molar-refractivity contribution in [3.05, 3.63) is 35.9 Å². The smallest absolute Gasteiger partial charge is 0.410 e. The van der Waals surface area contributed by atoms with Gasteiger partial charge in [-0.3, -0.25) is 0 Å². The summed E-state index contributed by atoms with van der Waals surface area (Å²) in [6.45, 7) is 7.17. The molecule has 6 heteroatoms. The van der Waals surface area contributed by atoms with E-state index in [0.717, 1.165) is 24.8 Å². The van der Waals surface area contributed by atoms with Crippen molar-refractivity contribution in [3.63, 3.8) is 0 Å². The van der Waals surface area contributed by atoms with Gasteiger partial charge in [-0.1, -0.05) is 30.3 Å². The third kappa shape index (κ3) is 4.29. The van der Waals surface area contributed by atoms with Gasteiger partial charge in [-0.15, -0.1) is 0 Å². The van der Waals surface area contributed by atoms with E-state index in [1.54, 1.807) is 9.80 Å². The molecule has 0 N–H and O–H groups in total. The van der Waals surface area contributed by atoms with E-state index in [4.69, 9.17) is 9.47 Å². The summed E-state index contributed by atoms with van der Waals surface area (Å²) in [5, 5.41) is 0. The summed E-state index contributed by atoms with van der Waals surface area (Å²) in [4.78, 5) is 28.6. The third-order valence-corrected chi connectivity index (χ3v) is 4.88. The molecule has 0 bridgehead atoms. The van der Waals surface area contributed by atoms with Crippen LogP contribution in [0.2, 0.25) is 0 Å². The molecule has 0 saturated carbocycles. The number of benzene rings is 1. The summed E-state index contributed by atoms with van der Waals surface area (Å²) in [7, 11) is 0. The predicted octanol–water partition coefficient (Wildman–Crippen LogP) is 3.80. The summed E-state index contributed by atoms with van der Waals surface area (Å²) in [6, 6.07) is 9.69. The zero-order chi connectivity index (χ0) is 18.7. The van der Waals surface area contributed by atoms with Crippen molar-refractivity contribution in [2.24, 2.45) is 0 Å². The van der Waals surface area contributed by atoms with Gasteiger partial charge in [-0.05, 0) is 45.6 Å². The first-order chi connectivity index (χ1) is 12.3. The van der Waals surface area contributed by atoms with Crippen molar-refractivity contribution in [1.29, 1.82) is 0 Å². The Labute approximate surface area is 155 Å². The van der Waals surface area contributed by atoms with Gasteiger partial charge in [0.25, 0.3) is 0 Å². The van der Waals surface area contributed by atoms with E-state index >= 15 is 0 Å². The molecular formula is C20H28N2O4. The van der Waals surface area contributed by atoms with Crippen molar-refractivity contribution in [1.82, 2.24) is 9.80 Å². The number of carbonyl (C=O) groups is 2. The molecule has 142 valence electrons. The fraction of sp³-hybridized carbons (Fsp3) is 0.600. The number of hydrogen-bond acceptors (Lipinski definition) is 4. The lowest BCUT2D eigenvalue weighted by Crippen LogP contribution is -2.53. The Morgan fingerprint density at radius 2 is 1.65 bits per heavy atom. The van der Waals surface area contributed by atoms with E-state index in [9.17, 15) is 9.59 Å². The highest BCUT2D eigenvalue weighted by Crippen LogP contribution is 2.32. The maximum atomic E-state index is 12.6. The second-order valence-corrected chi connectivity index (χ2v) is 7.97. The van der Waals surface area contributed by atoms with Crippen LogP contribution in [0.25, 0.3) is 0 Å². The Kier molecular flexibility index (Phi) is 5.39. The summed E-state index contributed by atoms with van der Waals surface area (Å²) >= 11 is 0. The van der Waals surface area contributed by atoms with E-state index < -0.39 is 5.60 Å². The molecule has 3 rings (SSSR count). The quantitative estimate of drug-likeness (QED) is 0.805. The number of piperidine rings is 1. The number of likely N-dealkylation sites (tertiary alicyclic amines) is 2. The Hall–Kier alpha value is -2.24. The molecule has 0 spiro atoms. The highest BCUT2D eigenvalue weighted by atomic mass is 16.6. The maximum absolute atomic E-state index is 12.6. The van der Waals surface area contributed by atoms with Gasteiger partial charge in [0.2, 0.25) is 0 Å². The summed E-state index contributed by atoms with van der Waals surface area (Å²) in [5.74, 6) is 0. The Morgan fingerprint density at radius 3 is 2.35 bits per heavy atom. The summed E-state index contributed by atoms with van der Waals surface area (Å²) in [6.07, 6.45) is 1.94. The van der Waals surface area contributed by atoms with Gasteiger partial charge in [0.1, 0.15) is 12.2 Å². The minimum absolute atomic E-state index is 0.0135. The molecule has 2 fully saturated rings. The highest BCUT2D eigenvalue weighted by Gasteiger charge is 2.45. The molecule has 2 unspecified atom stereocenters. The minimum Gasteiger partial charge on any atom is -0.445 e. The first-order valence-corrected chi connectivity index (χ1v) is 9.32. The van der Waals surface area contributed by atoms with Crippen LogP contribution in [0.1, 0.15) is 45.6 Å². The van der Waals surface area contributed by atoms with Crippen molar-refractivity contribution < 1.29 is 19.1 Å². The van der Waals surface area contributed by atoms with E-state index in [-0.39, 0.29) is 30.9 Å². The number of nitrogens with zero attached hydrogens (tertiary/aromatic N) is 2. The van der Waals surface area contributed by atoms with Gasteiger partial charge >= 0.3 is 12.2 Å². The zero-order valence-corrected chi connectivity index (χ0v) is 15.8. The normalized spacial score (nSPS) is 22.7. The highest BCUT2D eigenvalue weighted by molar-refractivity contribution is 5.71. The second kappa shape index (κ2) is 7.56. The van der Waals surface area contributed by atoms with E-state index in [2.05, 4.69) is 0 Å². The second-order valence-electron chi connectivity index (χ2n) is 7.97. The first kappa shape index (κ1) is 18.5. The molecule has 6 nitrogen and oxygen atoms in total. The average Bonchev–Trinajstić information content (AvgIpc) is 3.03. The monoisotopic (exact) mass is 360 g/mol. The van der Waals surface area contributed by atoms with Crippen LogP contribution >= 0.6 is 0 Å². The standard InChI is InChI=1S/C20H28N2O4/c1-20(2,3)26-19(24)22-13-11-17-16(22)10-7-12-21(17)18(23)25-14-15-8-5-4-6-9-15/h4-6,8-9,16-17H,7,10-14H2,1-3H3. The largest absolute Gasteiger partial charge is 0.445 e. The van der Waals surface area contributed by atoms with E-state index in [0.29, 0.717) is 13.1 Å². The van der Waals surface area contributed by atoms with Crippen LogP contribution < -0.4 is 0 Å². The van der Waals surface area contributed by atoms with Crippen molar-refractivity contribution in [2.45, 2.75) is 64.3 Å². The molecule has 0 aromatic heterocycles. The molecule has 1 aromatic rings. The topological polar surface area (TPSA) is 59.1 Å². The fourth-order valence-corrected chi connectivity index (χ4v) is 3.76. The lowest BCUT2D eigenvalue weighted by atomic mass is 9.97. The molecule has 2 saturated heterocycles. The van der Waals surface area contributed by atoms with Crippen molar-refractivity contribution in [2.75, 3.05) is 13.1 Å². The van der Waals surface area contributed by atoms with Gasteiger partial charge in [-0.2, -0.15) is 0 Å². The lowest BCUT2D eigenvalue weighted by Gasteiger charge is -2.39. The van der Waals surface area contributed by atoms with E-state index in [1.165, 1.54) is 0 Å². The molecule has 26 heavy (non-hydrogen) atoms. The molecule has 2 atom stereocenters. The van der Waals surface area contributed by atoms with Gasteiger partial charge in [0, 0.05) is 13.1 Å². The lowest BCUT2D eigenvalue weighted by molar-refractivity contribution is 0.0107. The average molecular weight is 360 g/mol. The SMILES string of the molecule is CC(C)(C)OC(=O)N1CCC2C1CCCN2C(=O)OCc1ccccc1. The maximum Gasteiger partial charge on any atom is 0.410 e. The number of fused-ring (bicyclic) bond motifs is 1. The molecule has 0 radical (unpaired) electrons. The molecule has 0 aliphatic carbocycles. The Morgan fingerprint density at radius 1 is 1.00 bits per heavy atom. The Bertz CT molecular complexity index is 641. The number of amides is 2. The number of ether oxygens (including phenoxy) is 2. The Balaban J connectivity index is 1.60. The van der Waals surface area contributed by atoms with Crippen LogP contribution in [0.15, 0.2) is 30.3 Å². The first-order valence-electron chi connectivity index (χ1n) is 9.32. The van der Waals surface area contributed by atoms with Crippen LogP contribution in [-0.4, -0.2) is 52.8 Å². The number of rotatable bonds is 2. The molecule has 1 aromatic carbocycles. The number of hydrogen-bond donors (Lipinski definition) is 0. The molecular weight excluding hydrogens is 332 g/mol.